The fourth-order valence-corrected chi connectivity index (χ4v) is 2.37. The van der Waals surface area contributed by atoms with Crippen molar-refractivity contribution in [3.8, 4) is 0 Å². The fourth-order valence-electron chi connectivity index (χ4n) is 2.37. The fraction of sp³-hybridized carbons (Fsp3) is 0.400. The number of aromatic amines is 2. The Kier molecular flexibility index (Phi) is 5.11. The Morgan fingerprint density at radius 1 is 1.36 bits per heavy atom. The lowest BCUT2D eigenvalue weighted by Gasteiger charge is -2.25. The third-order valence-electron chi connectivity index (χ3n) is 3.46. The molecule has 0 saturated heterocycles. The average molecular weight is 303 g/mol. The van der Waals surface area contributed by atoms with Crippen molar-refractivity contribution in [2.45, 2.75) is 19.4 Å². The Morgan fingerprint density at radius 3 is 2.68 bits per heavy atom. The molecule has 0 fully saturated rings. The Labute approximate surface area is 128 Å². The number of amides is 1. The van der Waals surface area contributed by atoms with Gasteiger partial charge in [0.1, 0.15) is 11.9 Å². The van der Waals surface area contributed by atoms with Gasteiger partial charge in [-0.2, -0.15) is 5.10 Å². The van der Waals surface area contributed by atoms with E-state index in [9.17, 15) is 9.59 Å². The molecule has 0 aliphatic carbocycles. The standard InChI is InChI=1S/C15H21N5O2/c1-10-6-4-5-7-11(10)13(20(2)3)14(21)16-9-8-12-17-15(22)19-18-12/h4-7,13H,8-9H2,1-3H3,(H,16,21)(H2,17,18,19,22)/t13-/m1/s1. The van der Waals surface area contributed by atoms with Gasteiger partial charge in [0.15, 0.2) is 0 Å². The summed E-state index contributed by atoms with van der Waals surface area (Å²) in [5, 5.41) is 9.00. The van der Waals surface area contributed by atoms with Gasteiger partial charge in [-0.1, -0.05) is 24.3 Å². The van der Waals surface area contributed by atoms with E-state index < -0.39 is 0 Å². The molecule has 1 amide bonds. The predicted octanol–water partition coefficient (Wildman–Crippen LogP) is 0.368. The first-order valence-corrected chi connectivity index (χ1v) is 7.12. The number of carbonyl (C=O) groups excluding carboxylic acids is 1. The first-order valence-electron chi connectivity index (χ1n) is 7.12. The summed E-state index contributed by atoms with van der Waals surface area (Å²) in [6, 6.07) is 7.50. The number of hydrogen-bond acceptors (Lipinski definition) is 4. The van der Waals surface area contributed by atoms with Crippen molar-refractivity contribution < 1.29 is 4.79 Å². The minimum absolute atomic E-state index is 0.0721. The average Bonchev–Trinajstić information content (AvgIpc) is 2.86. The summed E-state index contributed by atoms with van der Waals surface area (Å²) in [4.78, 5) is 27.9. The Balaban J connectivity index is 2.01. The van der Waals surface area contributed by atoms with Crippen molar-refractivity contribution in [3.05, 3.63) is 51.7 Å². The Morgan fingerprint density at radius 2 is 2.09 bits per heavy atom. The SMILES string of the molecule is Cc1ccccc1[C@H](C(=O)NCCc1n[nH]c(=O)[nH]1)N(C)C. The first kappa shape index (κ1) is 16.0. The van der Waals surface area contributed by atoms with E-state index in [0.717, 1.165) is 11.1 Å². The van der Waals surface area contributed by atoms with Gasteiger partial charge in [0.25, 0.3) is 0 Å². The molecule has 0 saturated carbocycles. The van der Waals surface area contributed by atoms with E-state index in [2.05, 4.69) is 20.5 Å². The number of benzene rings is 1. The highest BCUT2D eigenvalue weighted by Crippen LogP contribution is 2.21. The summed E-state index contributed by atoms with van der Waals surface area (Å²) in [6.45, 7) is 2.41. The second-order valence-corrected chi connectivity index (χ2v) is 5.39. The van der Waals surface area contributed by atoms with Gasteiger partial charge in [-0.15, -0.1) is 0 Å². The van der Waals surface area contributed by atoms with Crippen LogP contribution in [0.5, 0.6) is 0 Å². The van der Waals surface area contributed by atoms with Crippen LogP contribution in [0.15, 0.2) is 29.1 Å². The lowest BCUT2D eigenvalue weighted by atomic mass is 10.00. The minimum Gasteiger partial charge on any atom is -0.354 e. The van der Waals surface area contributed by atoms with Gasteiger partial charge >= 0.3 is 5.69 Å². The van der Waals surface area contributed by atoms with Crippen LogP contribution in [0.3, 0.4) is 0 Å². The zero-order chi connectivity index (χ0) is 16.1. The van der Waals surface area contributed by atoms with Gasteiger partial charge in [-0.25, -0.2) is 9.89 Å². The third kappa shape index (κ3) is 3.82. The molecule has 0 spiro atoms. The van der Waals surface area contributed by atoms with E-state index in [1.54, 1.807) is 0 Å². The summed E-state index contributed by atoms with van der Waals surface area (Å²) in [5.41, 5.74) is 1.72. The van der Waals surface area contributed by atoms with Crippen LogP contribution < -0.4 is 11.0 Å². The van der Waals surface area contributed by atoms with Crippen LogP contribution in [0, 0.1) is 6.92 Å². The predicted molar refractivity (Wildman–Crippen MR) is 83.5 cm³/mol. The zero-order valence-electron chi connectivity index (χ0n) is 13.0. The number of likely N-dealkylation sites (N-methyl/N-ethyl adjacent to an activating group) is 1. The molecule has 1 heterocycles. The van der Waals surface area contributed by atoms with E-state index in [-0.39, 0.29) is 17.6 Å². The molecule has 0 unspecified atom stereocenters. The second kappa shape index (κ2) is 7.04. The maximum Gasteiger partial charge on any atom is 0.340 e. The molecule has 1 atom stereocenters. The van der Waals surface area contributed by atoms with Gasteiger partial charge < -0.3 is 5.32 Å². The highest BCUT2D eigenvalue weighted by molar-refractivity contribution is 5.83. The molecule has 0 bridgehead atoms. The molecule has 2 aromatic rings. The van der Waals surface area contributed by atoms with Crippen LogP contribution in [-0.4, -0.2) is 46.6 Å². The molecule has 3 N–H and O–H groups in total. The molecule has 1 aromatic heterocycles. The zero-order valence-corrected chi connectivity index (χ0v) is 13.0. The van der Waals surface area contributed by atoms with E-state index in [0.29, 0.717) is 18.8 Å². The number of hydrogen-bond donors (Lipinski definition) is 3. The molecule has 22 heavy (non-hydrogen) atoms. The maximum atomic E-state index is 12.5. The normalized spacial score (nSPS) is 12.4. The lowest BCUT2D eigenvalue weighted by Crippen LogP contribution is -2.38. The van der Waals surface area contributed by atoms with E-state index in [4.69, 9.17) is 0 Å². The number of nitrogens with one attached hydrogen (secondary N) is 3. The van der Waals surface area contributed by atoms with Crippen molar-refractivity contribution in [2.75, 3.05) is 20.6 Å². The number of aryl methyl sites for hydroxylation is 1. The van der Waals surface area contributed by atoms with Gasteiger partial charge in [0, 0.05) is 13.0 Å². The van der Waals surface area contributed by atoms with Gasteiger partial charge in [-0.05, 0) is 32.1 Å². The molecule has 1 aromatic carbocycles. The number of nitrogens with zero attached hydrogens (tertiary/aromatic N) is 2. The highest BCUT2D eigenvalue weighted by Gasteiger charge is 2.23. The molecule has 2 rings (SSSR count). The van der Waals surface area contributed by atoms with Gasteiger partial charge in [0.2, 0.25) is 5.91 Å². The number of H-pyrrole nitrogens is 2. The topological polar surface area (TPSA) is 93.9 Å². The number of aromatic nitrogens is 3. The molecule has 0 aliphatic rings. The highest BCUT2D eigenvalue weighted by atomic mass is 16.2. The molecule has 7 nitrogen and oxygen atoms in total. The van der Waals surface area contributed by atoms with Gasteiger partial charge in [-0.3, -0.25) is 14.7 Å². The van der Waals surface area contributed by atoms with E-state index >= 15 is 0 Å². The summed E-state index contributed by atoms with van der Waals surface area (Å²) in [7, 11) is 3.75. The van der Waals surface area contributed by atoms with Crippen molar-refractivity contribution >= 4 is 5.91 Å². The monoisotopic (exact) mass is 303 g/mol. The summed E-state index contributed by atoms with van der Waals surface area (Å²) < 4.78 is 0. The second-order valence-electron chi connectivity index (χ2n) is 5.39. The van der Waals surface area contributed by atoms with Gasteiger partial charge in [0.05, 0.1) is 0 Å². The molecule has 0 radical (unpaired) electrons. The van der Waals surface area contributed by atoms with Crippen LogP contribution in [0.1, 0.15) is 23.0 Å². The molecule has 0 aliphatic heterocycles. The van der Waals surface area contributed by atoms with E-state index in [1.165, 1.54) is 0 Å². The van der Waals surface area contributed by atoms with Crippen molar-refractivity contribution in [1.29, 1.82) is 0 Å². The summed E-state index contributed by atoms with van der Waals surface area (Å²) in [5.74, 6) is 0.458. The quantitative estimate of drug-likeness (QED) is 0.718. The largest absolute Gasteiger partial charge is 0.354 e. The molecular weight excluding hydrogens is 282 g/mol. The van der Waals surface area contributed by atoms with Crippen molar-refractivity contribution in [2.24, 2.45) is 0 Å². The van der Waals surface area contributed by atoms with Crippen LogP contribution in [0.25, 0.3) is 0 Å². The number of carbonyl (C=O) groups is 1. The van der Waals surface area contributed by atoms with E-state index in [1.807, 2.05) is 50.2 Å². The smallest absolute Gasteiger partial charge is 0.340 e. The van der Waals surface area contributed by atoms with Crippen LogP contribution in [-0.2, 0) is 11.2 Å². The molecular formula is C15H21N5O2. The summed E-state index contributed by atoms with van der Waals surface area (Å²) in [6.07, 6.45) is 0.471. The molecule has 7 heteroatoms. The Hall–Kier alpha value is -2.41. The Bertz CT molecular complexity index is 689. The van der Waals surface area contributed by atoms with Crippen LogP contribution in [0.2, 0.25) is 0 Å². The van der Waals surface area contributed by atoms with Crippen LogP contribution >= 0.6 is 0 Å². The first-order chi connectivity index (χ1) is 10.5. The lowest BCUT2D eigenvalue weighted by molar-refractivity contribution is -0.125. The minimum atomic E-state index is -0.348. The van der Waals surface area contributed by atoms with Crippen molar-refractivity contribution in [3.63, 3.8) is 0 Å². The number of rotatable bonds is 6. The van der Waals surface area contributed by atoms with Crippen molar-refractivity contribution in [1.82, 2.24) is 25.4 Å². The third-order valence-corrected chi connectivity index (χ3v) is 3.46. The molecule has 118 valence electrons. The van der Waals surface area contributed by atoms with Crippen LogP contribution in [0.4, 0.5) is 0 Å². The maximum absolute atomic E-state index is 12.5. The summed E-state index contributed by atoms with van der Waals surface area (Å²) >= 11 is 0.